The number of nitrogens with zero attached hydrogens (tertiary/aromatic N) is 4. The number of alkyl halides is 6. The second-order valence-corrected chi connectivity index (χ2v) is 8.93. The molecule has 2 N–H and O–H groups in total. The monoisotopic (exact) mass is 570 g/mol. The number of hydrogen-bond acceptors (Lipinski definition) is 7. The van der Waals surface area contributed by atoms with E-state index in [9.17, 15) is 26.3 Å². The van der Waals surface area contributed by atoms with Gasteiger partial charge in [0.05, 0.1) is 25.1 Å². The third-order valence-corrected chi connectivity index (χ3v) is 5.88. The molecule has 39 heavy (non-hydrogen) atoms. The van der Waals surface area contributed by atoms with E-state index in [0.29, 0.717) is 12.7 Å². The summed E-state index contributed by atoms with van der Waals surface area (Å²) in [6.07, 6.45) is 1.07. The lowest BCUT2D eigenvalue weighted by atomic mass is 9.73. The quantitative estimate of drug-likeness (QED) is 0.519. The van der Waals surface area contributed by atoms with Crippen LogP contribution in [0, 0.1) is 5.41 Å². The number of aliphatic carboxylic acids is 2. The molecule has 2 aliphatic heterocycles. The Morgan fingerprint density at radius 1 is 1.15 bits per heavy atom. The van der Waals surface area contributed by atoms with E-state index in [-0.39, 0.29) is 5.41 Å². The maximum atomic E-state index is 10.6. The minimum atomic E-state index is -5.08. The van der Waals surface area contributed by atoms with Gasteiger partial charge in [-0.05, 0) is 31.4 Å². The van der Waals surface area contributed by atoms with Crippen LogP contribution in [0.1, 0.15) is 24.8 Å². The first-order chi connectivity index (χ1) is 18.1. The van der Waals surface area contributed by atoms with Crippen LogP contribution in [0.3, 0.4) is 0 Å². The molecule has 218 valence electrons. The number of pyridine rings is 1. The summed E-state index contributed by atoms with van der Waals surface area (Å²) < 4.78 is 77.6. The van der Waals surface area contributed by atoms with Gasteiger partial charge in [0, 0.05) is 56.7 Å². The number of carboxylic acids is 2. The predicted octanol–water partition coefficient (Wildman–Crippen LogP) is 3.53. The van der Waals surface area contributed by atoms with Crippen LogP contribution in [0.15, 0.2) is 36.9 Å². The first-order valence-corrected chi connectivity index (χ1v) is 11.6. The Morgan fingerprint density at radius 2 is 1.79 bits per heavy atom. The Labute approximate surface area is 219 Å². The molecule has 2 fully saturated rings. The van der Waals surface area contributed by atoms with Crippen LogP contribution >= 0.6 is 0 Å². The second kappa shape index (κ2) is 13.6. The highest BCUT2D eigenvalue weighted by Gasteiger charge is 2.46. The lowest BCUT2D eigenvalue weighted by molar-refractivity contribution is -0.193. The van der Waals surface area contributed by atoms with E-state index in [1.807, 2.05) is 30.1 Å². The van der Waals surface area contributed by atoms with Crippen molar-refractivity contribution >= 4 is 11.9 Å². The number of fused-ring (bicyclic) bond motifs is 1. The maximum Gasteiger partial charge on any atom is 0.490 e. The first-order valence-electron chi connectivity index (χ1n) is 11.6. The van der Waals surface area contributed by atoms with Crippen LogP contribution in [0.4, 0.5) is 26.3 Å². The zero-order valence-corrected chi connectivity index (χ0v) is 20.8. The third-order valence-electron chi connectivity index (χ3n) is 5.88. The lowest BCUT2D eigenvalue weighted by Crippen LogP contribution is -2.57. The van der Waals surface area contributed by atoms with E-state index in [1.165, 1.54) is 5.56 Å². The average Bonchev–Trinajstić information content (AvgIpc) is 3.27. The Balaban J connectivity index is 0.000000317. The zero-order chi connectivity index (χ0) is 29.3. The predicted molar refractivity (Wildman–Crippen MR) is 122 cm³/mol. The second-order valence-electron chi connectivity index (χ2n) is 8.93. The molecule has 2 atom stereocenters. The summed E-state index contributed by atoms with van der Waals surface area (Å²) in [5, 5.41) is 18.5. The number of rotatable bonds is 5. The van der Waals surface area contributed by atoms with Crippen molar-refractivity contribution < 1.29 is 55.6 Å². The molecule has 0 radical (unpaired) electrons. The fraction of sp³-hybridized carbons (Fsp3) is 0.565. The van der Waals surface area contributed by atoms with Crippen LogP contribution in [-0.2, 0) is 27.9 Å². The van der Waals surface area contributed by atoms with E-state index >= 15 is 0 Å². The number of ether oxygens (including phenoxy) is 2. The Bertz CT molecular complexity index is 1040. The molecule has 4 heterocycles. The Kier molecular flexibility index (Phi) is 11.1. The number of piperidine rings is 1. The number of likely N-dealkylation sites (tertiary alicyclic amines) is 1. The molecule has 0 amide bonds. The largest absolute Gasteiger partial charge is 0.491 e. The smallest absolute Gasteiger partial charge is 0.490 e. The highest BCUT2D eigenvalue weighted by Crippen LogP contribution is 2.41. The molecule has 2 aliphatic rings. The molecule has 10 nitrogen and oxygen atoms in total. The van der Waals surface area contributed by atoms with Crippen LogP contribution in [0.5, 0.6) is 5.75 Å². The van der Waals surface area contributed by atoms with E-state index in [1.54, 1.807) is 12.4 Å². The van der Waals surface area contributed by atoms with Crippen molar-refractivity contribution in [1.82, 2.24) is 19.7 Å². The lowest BCUT2D eigenvalue weighted by Gasteiger charge is -2.50. The van der Waals surface area contributed by atoms with Crippen molar-refractivity contribution in [2.45, 2.75) is 44.3 Å². The number of aryl methyl sites for hydroxylation is 1. The number of carbonyl (C=O) groups is 2. The summed E-state index contributed by atoms with van der Waals surface area (Å²) in [4.78, 5) is 24.5. The number of hydrogen-bond donors (Lipinski definition) is 2. The van der Waals surface area contributed by atoms with Gasteiger partial charge in [-0.15, -0.1) is 0 Å². The Hall–Kier alpha value is -3.40. The van der Waals surface area contributed by atoms with Crippen molar-refractivity contribution in [2.24, 2.45) is 12.5 Å². The molecule has 16 heteroatoms. The van der Waals surface area contributed by atoms with Gasteiger partial charge in [0.25, 0.3) is 0 Å². The van der Waals surface area contributed by atoms with E-state index in [2.05, 4.69) is 21.2 Å². The molecule has 2 aromatic heterocycles. The zero-order valence-electron chi connectivity index (χ0n) is 20.8. The molecular weight excluding hydrogens is 542 g/mol. The van der Waals surface area contributed by atoms with Gasteiger partial charge in [0.1, 0.15) is 5.75 Å². The Morgan fingerprint density at radius 3 is 2.31 bits per heavy atom. The summed E-state index contributed by atoms with van der Waals surface area (Å²) in [6.45, 7) is 4.57. The molecule has 0 saturated carbocycles. The summed E-state index contributed by atoms with van der Waals surface area (Å²) in [5.74, 6) is -4.68. The molecule has 0 bridgehead atoms. The molecular formula is C23H28F6N4O6. The number of halogens is 6. The van der Waals surface area contributed by atoms with Crippen LogP contribution < -0.4 is 4.74 Å². The van der Waals surface area contributed by atoms with Crippen molar-refractivity contribution in [1.29, 1.82) is 0 Å². The van der Waals surface area contributed by atoms with Crippen LogP contribution in [0.25, 0.3) is 0 Å². The fourth-order valence-corrected chi connectivity index (χ4v) is 4.20. The van der Waals surface area contributed by atoms with Gasteiger partial charge in [-0.25, -0.2) is 9.59 Å². The van der Waals surface area contributed by atoms with E-state index in [0.717, 1.165) is 51.3 Å². The fourth-order valence-electron chi connectivity index (χ4n) is 4.20. The topological polar surface area (TPSA) is 127 Å². The summed E-state index contributed by atoms with van der Waals surface area (Å²) in [7, 11) is 1.97. The highest BCUT2D eigenvalue weighted by atomic mass is 19.4. The van der Waals surface area contributed by atoms with E-state index < -0.39 is 24.3 Å². The van der Waals surface area contributed by atoms with Gasteiger partial charge >= 0.3 is 24.3 Å². The summed E-state index contributed by atoms with van der Waals surface area (Å²) >= 11 is 0. The van der Waals surface area contributed by atoms with Crippen molar-refractivity contribution in [3.8, 4) is 5.75 Å². The van der Waals surface area contributed by atoms with Crippen LogP contribution in [0.2, 0.25) is 0 Å². The van der Waals surface area contributed by atoms with E-state index in [4.69, 9.17) is 29.3 Å². The number of aromatic nitrogens is 3. The van der Waals surface area contributed by atoms with Gasteiger partial charge in [-0.2, -0.15) is 31.4 Å². The maximum absolute atomic E-state index is 10.6. The molecule has 4 rings (SSSR count). The number of carboxylic acid groups (broad SMARTS) is 2. The minimum Gasteiger partial charge on any atom is -0.491 e. The highest BCUT2D eigenvalue weighted by molar-refractivity contribution is 5.73. The third kappa shape index (κ3) is 10.4. The van der Waals surface area contributed by atoms with Gasteiger partial charge in [-0.3, -0.25) is 14.6 Å². The van der Waals surface area contributed by atoms with Crippen LogP contribution in [-0.4, -0.2) is 86.6 Å². The molecule has 0 aliphatic carbocycles. The molecule has 2 saturated heterocycles. The van der Waals surface area contributed by atoms with Gasteiger partial charge < -0.3 is 19.7 Å². The molecule has 2 unspecified atom stereocenters. The average molecular weight is 570 g/mol. The van der Waals surface area contributed by atoms with Gasteiger partial charge in [0.2, 0.25) is 0 Å². The summed E-state index contributed by atoms with van der Waals surface area (Å²) in [6, 6.07) is 3.88. The SMILES string of the molecule is Cn1cc(CN2CCC3OCCCC3(COc3cccnc3)C2)cn1.O=C(O)C(F)(F)F.O=C(O)C(F)(F)F. The van der Waals surface area contributed by atoms with Crippen molar-refractivity contribution in [3.05, 3.63) is 42.5 Å². The van der Waals surface area contributed by atoms with Gasteiger partial charge in [0.15, 0.2) is 0 Å². The molecule has 0 spiro atoms. The standard InChI is InChI=1S/C19H26N4O2.2C2HF3O2/c1-22-12-16(10-21-22)13-23-8-5-18-19(14-23,6-3-9-24-18)15-25-17-4-2-7-20-11-17;2*3-2(4,5)1(6)7/h2,4,7,10-12,18H,3,5-6,8-9,13-15H2,1H3;2*(H,6,7). The molecule has 0 aromatic carbocycles. The first kappa shape index (κ1) is 31.8. The van der Waals surface area contributed by atoms with Crippen molar-refractivity contribution in [2.75, 3.05) is 26.3 Å². The summed E-state index contributed by atoms with van der Waals surface area (Å²) in [5.41, 5.74) is 1.33. The molecule has 2 aromatic rings. The van der Waals surface area contributed by atoms with Crippen molar-refractivity contribution in [3.63, 3.8) is 0 Å². The normalized spacial score (nSPS) is 21.4. The minimum absolute atomic E-state index is 0.0640. The van der Waals surface area contributed by atoms with Gasteiger partial charge in [-0.1, -0.05) is 0 Å².